The van der Waals surface area contributed by atoms with Gasteiger partial charge in [0, 0.05) is 6.61 Å². The highest BCUT2D eigenvalue weighted by molar-refractivity contribution is 5.72. The fourth-order valence-electron chi connectivity index (χ4n) is 4.19. The van der Waals surface area contributed by atoms with Gasteiger partial charge in [0.15, 0.2) is 0 Å². The van der Waals surface area contributed by atoms with Gasteiger partial charge < -0.3 is 47.4 Å². The summed E-state index contributed by atoms with van der Waals surface area (Å²) in [6.45, 7) is 9.38. The SMILES string of the molecule is CCCCCCCCCCOCCOCCOCCOCCOCCOCCOCCOCCOCCC(=O)Oc1c(F)c(F)c(F)c(F)c1F. The molecule has 0 aliphatic carbocycles. The van der Waals surface area contributed by atoms with Gasteiger partial charge >= 0.3 is 5.97 Å². The van der Waals surface area contributed by atoms with Gasteiger partial charge in [0.1, 0.15) is 0 Å². The number of unbranched alkanes of at least 4 members (excludes halogenated alkanes) is 7. The molecule has 1 rings (SSSR count). The summed E-state index contributed by atoms with van der Waals surface area (Å²) in [6, 6.07) is 0. The Hall–Kier alpha value is -2.02. The van der Waals surface area contributed by atoms with Crippen LogP contribution in [-0.4, -0.2) is 125 Å². The predicted molar refractivity (Wildman–Crippen MR) is 176 cm³/mol. The van der Waals surface area contributed by atoms with E-state index < -0.39 is 47.2 Å². The van der Waals surface area contributed by atoms with E-state index in [4.69, 9.17) is 42.6 Å². The standard InChI is InChI=1S/C35H57F5O11/c1-2-3-4-5-6-7-8-9-11-42-13-15-44-17-19-46-21-23-48-25-27-50-28-26-49-24-22-47-20-18-45-16-14-43-12-10-29(41)51-35-33(39)31(37)30(36)32(38)34(35)40/h2-28H2,1H3. The molecule has 0 bridgehead atoms. The molecule has 0 aromatic heterocycles. The lowest BCUT2D eigenvalue weighted by molar-refractivity contribution is -0.136. The van der Waals surface area contributed by atoms with Crippen LogP contribution in [0.25, 0.3) is 0 Å². The van der Waals surface area contributed by atoms with E-state index in [2.05, 4.69) is 11.7 Å². The lowest BCUT2D eigenvalue weighted by atomic mass is 10.1. The molecule has 0 saturated heterocycles. The molecular formula is C35H57F5O11. The number of ether oxygens (including phenoxy) is 10. The zero-order valence-electron chi connectivity index (χ0n) is 30.0. The van der Waals surface area contributed by atoms with Crippen LogP contribution in [0.3, 0.4) is 0 Å². The fourth-order valence-corrected chi connectivity index (χ4v) is 4.19. The van der Waals surface area contributed by atoms with Crippen LogP contribution in [0, 0.1) is 29.1 Å². The minimum atomic E-state index is -2.34. The Morgan fingerprint density at radius 2 is 0.647 bits per heavy atom. The smallest absolute Gasteiger partial charge is 0.313 e. The van der Waals surface area contributed by atoms with Crippen LogP contribution in [0.5, 0.6) is 5.75 Å². The van der Waals surface area contributed by atoms with Gasteiger partial charge in [-0.05, 0) is 6.42 Å². The third-order valence-electron chi connectivity index (χ3n) is 6.95. The lowest BCUT2D eigenvalue weighted by Gasteiger charge is -2.09. The molecule has 0 radical (unpaired) electrons. The van der Waals surface area contributed by atoms with Crippen LogP contribution in [0.15, 0.2) is 0 Å². The quantitative estimate of drug-likeness (QED) is 0.0201. The number of hydrogen-bond acceptors (Lipinski definition) is 11. The van der Waals surface area contributed by atoms with Gasteiger partial charge in [-0.25, -0.2) is 13.2 Å². The van der Waals surface area contributed by atoms with Crippen molar-refractivity contribution >= 4 is 5.97 Å². The molecule has 298 valence electrons. The first-order valence-electron chi connectivity index (χ1n) is 17.8. The molecule has 0 unspecified atom stereocenters. The minimum Gasteiger partial charge on any atom is -0.420 e. The molecule has 0 fully saturated rings. The zero-order valence-corrected chi connectivity index (χ0v) is 30.0. The molecule has 11 nitrogen and oxygen atoms in total. The summed E-state index contributed by atoms with van der Waals surface area (Å²) in [5, 5.41) is 0. The summed E-state index contributed by atoms with van der Waals surface area (Å²) < 4.78 is 119. The van der Waals surface area contributed by atoms with Crippen LogP contribution in [0.2, 0.25) is 0 Å². The second-order valence-corrected chi connectivity index (χ2v) is 11.1. The molecule has 0 amide bonds. The maximum atomic E-state index is 13.5. The Bertz CT molecular complexity index is 965. The predicted octanol–water partition coefficient (Wildman–Crippen LogP) is 5.97. The Kier molecular flexibility index (Phi) is 31.1. The van der Waals surface area contributed by atoms with Crippen LogP contribution < -0.4 is 4.74 Å². The maximum absolute atomic E-state index is 13.5. The lowest BCUT2D eigenvalue weighted by Crippen LogP contribution is -2.16. The summed E-state index contributed by atoms with van der Waals surface area (Å²) in [6.07, 6.45) is 9.86. The first-order chi connectivity index (χ1) is 24.9. The molecule has 0 aliphatic heterocycles. The summed E-state index contributed by atoms with van der Waals surface area (Å²) in [5.41, 5.74) is 0. The van der Waals surface area contributed by atoms with Gasteiger partial charge in [0.2, 0.25) is 34.8 Å². The van der Waals surface area contributed by atoms with Crippen molar-refractivity contribution in [2.24, 2.45) is 0 Å². The number of esters is 1. The van der Waals surface area contributed by atoms with Gasteiger partial charge in [-0.1, -0.05) is 51.9 Å². The van der Waals surface area contributed by atoms with Gasteiger partial charge in [-0.15, -0.1) is 0 Å². The number of benzene rings is 1. The highest BCUT2D eigenvalue weighted by atomic mass is 19.2. The molecule has 1 aromatic rings. The first-order valence-corrected chi connectivity index (χ1v) is 17.8. The molecule has 51 heavy (non-hydrogen) atoms. The number of carbonyl (C=O) groups excluding carboxylic acids is 1. The molecule has 0 aliphatic rings. The number of hydrogen-bond donors (Lipinski definition) is 0. The highest BCUT2D eigenvalue weighted by Crippen LogP contribution is 2.29. The molecule has 0 heterocycles. The van der Waals surface area contributed by atoms with Crippen molar-refractivity contribution in [1.82, 2.24) is 0 Å². The van der Waals surface area contributed by atoms with Gasteiger partial charge in [-0.2, -0.15) is 8.78 Å². The van der Waals surface area contributed by atoms with E-state index in [1.54, 1.807) is 0 Å². The number of carbonyl (C=O) groups is 1. The van der Waals surface area contributed by atoms with E-state index in [-0.39, 0.29) is 26.4 Å². The summed E-state index contributed by atoms with van der Waals surface area (Å²) in [7, 11) is 0. The van der Waals surface area contributed by atoms with Crippen LogP contribution in [0.4, 0.5) is 22.0 Å². The molecule has 16 heteroatoms. The normalized spacial score (nSPS) is 11.5. The van der Waals surface area contributed by atoms with E-state index in [9.17, 15) is 26.7 Å². The molecular weight excluding hydrogens is 691 g/mol. The van der Waals surface area contributed by atoms with E-state index in [1.165, 1.54) is 44.9 Å². The molecule has 0 N–H and O–H groups in total. The molecule has 0 spiro atoms. The van der Waals surface area contributed by atoms with E-state index in [0.29, 0.717) is 85.9 Å². The molecule has 0 atom stereocenters. The van der Waals surface area contributed by atoms with Crippen LogP contribution in [0.1, 0.15) is 64.7 Å². The average molecular weight is 749 g/mol. The average Bonchev–Trinajstić information content (AvgIpc) is 3.13. The minimum absolute atomic E-state index is 0.0865. The van der Waals surface area contributed by atoms with Crippen LogP contribution >= 0.6 is 0 Å². The van der Waals surface area contributed by atoms with Crippen molar-refractivity contribution in [1.29, 1.82) is 0 Å². The van der Waals surface area contributed by atoms with Crippen molar-refractivity contribution in [2.75, 3.05) is 119 Å². The molecule has 1 aromatic carbocycles. The molecule has 0 saturated carbocycles. The van der Waals surface area contributed by atoms with Crippen molar-refractivity contribution < 1.29 is 74.1 Å². The second-order valence-electron chi connectivity index (χ2n) is 11.1. The van der Waals surface area contributed by atoms with E-state index >= 15 is 0 Å². The number of rotatable bonds is 37. The summed E-state index contributed by atoms with van der Waals surface area (Å²) >= 11 is 0. The summed E-state index contributed by atoms with van der Waals surface area (Å²) in [5.74, 6) is -14.1. The highest BCUT2D eigenvalue weighted by Gasteiger charge is 2.28. The Morgan fingerprint density at radius 3 is 1.00 bits per heavy atom. The Morgan fingerprint density at radius 1 is 0.373 bits per heavy atom. The van der Waals surface area contributed by atoms with Gasteiger partial charge in [0.25, 0.3) is 0 Å². The Balaban J connectivity index is 1.73. The van der Waals surface area contributed by atoms with Gasteiger partial charge in [-0.3, -0.25) is 4.79 Å². The Labute approximate surface area is 298 Å². The van der Waals surface area contributed by atoms with Crippen molar-refractivity contribution in [2.45, 2.75) is 64.7 Å². The summed E-state index contributed by atoms with van der Waals surface area (Å²) in [4.78, 5) is 11.6. The van der Waals surface area contributed by atoms with Crippen LogP contribution in [-0.2, 0) is 47.4 Å². The number of halogens is 5. The second kappa shape index (κ2) is 33.8. The van der Waals surface area contributed by atoms with Crippen molar-refractivity contribution in [3.8, 4) is 5.75 Å². The van der Waals surface area contributed by atoms with Gasteiger partial charge in [0.05, 0.1) is 119 Å². The van der Waals surface area contributed by atoms with E-state index in [0.717, 1.165) is 13.0 Å². The maximum Gasteiger partial charge on any atom is 0.313 e. The van der Waals surface area contributed by atoms with E-state index in [1.807, 2.05) is 0 Å². The van der Waals surface area contributed by atoms with Crippen molar-refractivity contribution in [3.63, 3.8) is 0 Å². The third kappa shape index (κ3) is 25.6. The topological polar surface area (TPSA) is 109 Å². The fraction of sp³-hybridized carbons (Fsp3) is 0.800. The van der Waals surface area contributed by atoms with Crippen molar-refractivity contribution in [3.05, 3.63) is 29.1 Å². The monoisotopic (exact) mass is 748 g/mol. The zero-order chi connectivity index (χ0) is 37.2. The largest absolute Gasteiger partial charge is 0.420 e. The first kappa shape index (κ1) is 47.0. The third-order valence-corrected chi connectivity index (χ3v) is 6.95.